The second kappa shape index (κ2) is 16.6. The molecule has 7 nitrogen and oxygen atoms in total. The van der Waals surface area contributed by atoms with Crippen molar-refractivity contribution < 1.29 is 53.8 Å². The van der Waals surface area contributed by atoms with Crippen molar-refractivity contribution in [3.05, 3.63) is 91.6 Å². The molecule has 0 aliphatic heterocycles. The third-order valence-electron chi connectivity index (χ3n) is 8.28. The summed E-state index contributed by atoms with van der Waals surface area (Å²) in [6.07, 6.45) is -11.0. The number of amides is 1. The summed E-state index contributed by atoms with van der Waals surface area (Å²) in [6, 6.07) is -1.42. The number of ether oxygens (including phenoxy) is 1. The fourth-order valence-electron chi connectivity index (χ4n) is 6.00. The first kappa shape index (κ1) is 42.1. The van der Waals surface area contributed by atoms with Crippen LogP contribution in [0, 0.1) is 37.2 Å². The van der Waals surface area contributed by atoms with Crippen molar-refractivity contribution in [2.24, 2.45) is 5.92 Å². The van der Waals surface area contributed by atoms with E-state index >= 15 is 8.78 Å². The van der Waals surface area contributed by atoms with Crippen LogP contribution in [0.15, 0.2) is 35.3 Å². The molecule has 3 rings (SSSR count). The van der Waals surface area contributed by atoms with E-state index in [1.54, 1.807) is 32.8 Å². The van der Waals surface area contributed by atoms with E-state index in [9.17, 15) is 45.1 Å². The maximum absolute atomic E-state index is 16.6. The van der Waals surface area contributed by atoms with Crippen LogP contribution >= 0.6 is 0 Å². The van der Waals surface area contributed by atoms with E-state index in [0.29, 0.717) is 6.07 Å². The van der Waals surface area contributed by atoms with Crippen LogP contribution in [0.2, 0.25) is 0 Å². The number of alkyl halides is 6. The van der Waals surface area contributed by atoms with Gasteiger partial charge in [0.2, 0.25) is 5.91 Å². The van der Waals surface area contributed by atoms with Crippen LogP contribution in [-0.4, -0.2) is 48.6 Å². The SMILES string of the molecule is CCOC(=O)C[C@H](NC(=O)C(CC(C)C)n1cc(CCN(C)C)c(C(F)(F)F)cc1=O)c1c(F)c(-c2c(C)cc(F)cc2C)cc(C(F)(F)F)c1F. The Morgan fingerprint density at radius 1 is 0.904 bits per heavy atom. The standard InChI is InChI=1S/C36H40F9N3O4/c1-8-52-29(50)16-26(31-32(38)23(14-25(33(31)39)36(43,44)45)30-19(4)12-22(37)13-20(30)5)46-34(51)27(11-18(2)3)48-17-21(9-10-47(6)7)24(15-28(48)49)35(40,41)42/h12-15,17-18,26-27H,8-11,16H2,1-7H3,(H,46,51)/t26-,27?/m0/s1. The van der Waals surface area contributed by atoms with E-state index in [4.69, 9.17) is 4.74 Å². The molecule has 0 saturated heterocycles. The number of pyridine rings is 1. The summed E-state index contributed by atoms with van der Waals surface area (Å²) >= 11 is 0. The summed E-state index contributed by atoms with van der Waals surface area (Å²) in [4.78, 5) is 41.6. The predicted octanol–water partition coefficient (Wildman–Crippen LogP) is 8.09. The Balaban J connectivity index is 2.32. The third kappa shape index (κ3) is 9.95. The Morgan fingerprint density at radius 3 is 1.98 bits per heavy atom. The number of carbonyl (C=O) groups is 2. The molecule has 0 aliphatic carbocycles. The Morgan fingerprint density at radius 2 is 1.48 bits per heavy atom. The first-order chi connectivity index (χ1) is 24.0. The Bertz CT molecular complexity index is 1830. The van der Waals surface area contributed by atoms with Crippen LogP contribution in [0.25, 0.3) is 11.1 Å². The van der Waals surface area contributed by atoms with Gasteiger partial charge in [-0.15, -0.1) is 0 Å². The molecule has 0 bridgehead atoms. The zero-order chi connectivity index (χ0) is 39.5. The molecular formula is C36H40F9N3O4. The molecule has 1 heterocycles. The lowest BCUT2D eigenvalue weighted by atomic mass is 9.89. The van der Waals surface area contributed by atoms with E-state index in [1.165, 1.54) is 20.8 Å². The number of hydrogen-bond acceptors (Lipinski definition) is 5. The molecule has 1 N–H and O–H groups in total. The zero-order valence-corrected chi connectivity index (χ0v) is 29.6. The fourth-order valence-corrected chi connectivity index (χ4v) is 6.00. The van der Waals surface area contributed by atoms with Crippen LogP contribution < -0.4 is 10.9 Å². The molecular weight excluding hydrogens is 709 g/mol. The Labute approximate surface area is 294 Å². The molecule has 52 heavy (non-hydrogen) atoms. The number of halogens is 9. The number of nitrogens with one attached hydrogen (secondary N) is 1. The highest BCUT2D eigenvalue weighted by molar-refractivity contribution is 5.82. The van der Waals surface area contributed by atoms with E-state index in [2.05, 4.69) is 5.32 Å². The van der Waals surface area contributed by atoms with E-state index in [-0.39, 0.29) is 54.3 Å². The van der Waals surface area contributed by atoms with Crippen molar-refractivity contribution in [1.82, 2.24) is 14.8 Å². The second-order valence-electron chi connectivity index (χ2n) is 13.2. The minimum Gasteiger partial charge on any atom is -0.466 e. The second-order valence-corrected chi connectivity index (χ2v) is 13.2. The lowest BCUT2D eigenvalue weighted by molar-refractivity contribution is -0.144. The summed E-state index contributed by atoms with van der Waals surface area (Å²) in [5.74, 6) is -7.34. The quantitative estimate of drug-likeness (QED) is 0.141. The normalized spacial score (nSPS) is 13.4. The van der Waals surface area contributed by atoms with Gasteiger partial charge < -0.3 is 19.5 Å². The molecule has 0 spiro atoms. The van der Waals surface area contributed by atoms with Gasteiger partial charge in [0.15, 0.2) is 0 Å². The van der Waals surface area contributed by atoms with Gasteiger partial charge in [0.25, 0.3) is 5.56 Å². The van der Waals surface area contributed by atoms with Crippen molar-refractivity contribution >= 4 is 11.9 Å². The Hall–Kier alpha value is -4.34. The number of esters is 1. The number of rotatable bonds is 13. The molecule has 2 atom stereocenters. The summed E-state index contributed by atoms with van der Waals surface area (Å²) in [5.41, 5.74) is -7.14. The van der Waals surface area contributed by atoms with E-state index < -0.39 is 93.9 Å². The molecule has 1 unspecified atom stereocenters. The van der Waals surface area contributed by atoms with Gasteiger partial charge in [-0.3, -0.25) is 14.4 Å². The highest BCUT2D eigenvalue weighted by Gasteiger charge is 2.41. The fraction of sp³-hybridized carbons (Fsp3) is 0.472. The van der Waals surface area contributed by atoms with Gasteiger partial charge in [-0.2, -0.15) is 26.3 Å². The lowest BCUT2D eigenvalue weighted by Gasteiger charge is -2.28. The van der Waals surface area contributed by atoms with Crippen LogP contribution in [0.4, 0.5) is 39.5 Å². The summed E-state index contributed by atoms with van der Waals surface area (Å²) in [6.45, 7) is 7.08. The number of likely N-dealkylation sites (N-methyl/N-ethyl adjacent to an activating group) is 1. The molecule has 3 aromatic rings. The maximum atomic E-state index is 16.6. The number of aromatic nitrogens is 1. The average Bonchev–Trinajstić information content (AvgIpc) is 2.98. The van der Waals surface area contributed by atoms with Crippen molar-refractivity contribution in [3.63, 3.8) is 0 Å². The third-order valence-corrected chi connectivity index (χ3v) is 8.28. The zero-order valence-electron chi connectivity index (χ0n) is 29.6. The van der Waals surface area contributed by atoms with Crippen molar-refractivity contribution in [2.75, 3.05) is 27.2 Å². The average molecular weight is 750 g/mol. The van der Waals surface area contributed by atoms with Crippen LogP contribution in [0.3, 0.4) is 0 Å². The van der Waals surface area contributed by atoms with E-state index in [0.717, 1.165) is 22.9 Å². The van der Waals surface area contributed by atoms with Gasteiger partial charge in [0.1, 0.15) is 23.5 Å². The smallest absolute Gasteiger partial charge is 0.419 e. The lowest BCUT2D eigenvalue weighted by Crippen LogP contribution is -2.41. The highest BCUT2D eigenvalue weighted by Crippen LogP contribution is 2.42. The molecule has 2 aromatic carbocycles. The number of aryl methyl sites for hydroxylation is 2. The summed E-state index contributed by atoms with van der Waals surface area (Å²) < 4.78 is 137. The van der Waals surface area contributed by atoms with Gasteiger partial charge in [-0.1, -0.05) is 13.8 Å². The monoisotopic (exact) mass is 749 g/mol. The number of hydrogen-bond donors (Lipinski definition) is 1. The van der Waals surface area contributed by atoms with Crippen LogP contribution in [0.1, 0.15) is 79.1 Å². The minimum atomic E-state index is -5.42. The van der Waals surface area contributed by atoms with Crippen molar-refractivity contribution in [1.29, 1.82) is 0 Å². The largest absolute Gasteiger partial charge is 0.466 e. The highest BCUT2D eigenvalue weighted by atomic mass is 19.4. The maximum Gasteiger partial charge on any atom is 0.419 e. The minimum absolute atomic E-state index is 0.00296. The molecule has 286 valence electrons. The van der Waals surface area contributed by atoms with Gasteiger partial charge in [-0.25, -0.2) is 13.2 Å². The first-order valence-electron chi connectivity index (χ1n) is 16.3. The topological polar surface area (TPSA) is 80.6 Å². The predicted molar refractivity (Wildman–Crippen MR) is 175 cm³/mol. The molecule has 0 aliphatic rings. The van der Waals surface area contributed by atoms with Crippen molar-refractivity contribution in [3.8, 4) is 11.1 Å². The van der Waals surface area contributed by atoms with E-state index in [1.807, 2.05) is 0 Å². The van der Waals surface area contributed by atoms with Gasteiger partial charge in [0, 0.05) is 29.9 Å². The Kier molecular flexibility index (Phi) is 13.4. The summed E-state index contributed by atoms with van der Waals surface area (Å²) in [7, 11) is 3.22. The molecule has 1 aromatic heterocycles. The number of benzene rings is 2. The van der Waals surface area contributed by atoms with Gasteiger partial charge in [0.05, 0.1) is 30.2 Å². The van der Waals surface area contributed by atoms with Gasteiger partial charge >= 0.3 is 18.3 Å². The summed E-state index contributed by atoms with van der Waals surface area (Å²) in [5, 5.41) is 2.21. The van der Waals surface area contributed by atoms with Crippen LogP contribution in [0.5, 0.6) is 0 Å². The number of carbonyl (C=O) groups excluding carboxylic acids is 2. The molecule has 16 heteroatoms. The van der Waals surface area contributed by atoms with Crippen LogP contribution in [-0.2, 0) is 33.1 Å². The molecule has 0 fully saturated rings. The molecule has 0 radical (unpaired) electrons. The molecule has 1 amide bonds. The van der Waals surface area contributed by atoms with Gasteiger partial charge in [-0.05, 0) is 94.1 Å². The number of nitrogens with zero attached hydrogens (tertiary/aromatic N) is 2. The first-order valence-corrected chi connectivity index (χ1v) is 16.3. The molecule has 0 saturated carbocycles. The van der Waals surface area contributed by atoms with Crippen molar-refractivity contribution in [2.45, 2.75) is 78.3 Å².